The first kappa shape index (κ1) is 18.9. The van der Waals surface area contributed by atoms with E-state index < -0.39 is 30.8 Å². The molecule has 0 aliphatic heterocycles. The molecule has 0 radical (unpaired) electrons. The largest absolute Gasteiger partial charge is 0.467 e. The van der Waals surface area contributed by atoms with E-state index in [0.717, 1.165) is 29.4 Å². The van der Waals surface area contributed by atoms with Crippen molar-refractivity contribution < 1.29 is 29.3 Å². The van der Waals surface area contributed by atoms with E-state index in [2.05, 4.69) is 10.1 Å². The SMILES string of the molecule is COC(=O)C(CO)(CO)NC(=O)OCC1c2ccccc2-c2ccccc21. The minimum Gasteiger partial charge on any atom is -0.467 e. The average molecular weight is 371 g/mol. The maximum Gasteiger partial charge on any atom is 0.408 e. The molecule has 1 aliphatic carbocycles. The smallest absolute Gasteiger partial charge is 0.408 e. The number of hydrogen-bond acceptors (Lipinski definition) is 6. The summed E-state index contributed by atoms with van der Waals surface area (Å²) in [7, 11) is 1.10. The number of rotatable bonds is 6. The van der Waals surface area contributed by atoms with Crippen LogP contribution >= 0.6 is 0 Å². The van der Waals surface area contributed by atoms with Gasteiger partial charge in [-0.05, 0) is 22.3 Å². The van der Waals surface area contributed by atoms with Crippen LogP contribution in [0.25, 0.3) is 11.1 Å². The van der Waals surface area contributed by atoms with E-state index >= 15 is 0 Å². The van der Waals surface area contributed by atoms with Crippen LogP contribution < -0.4 is 5.32 Å². The van der Waals surface area contributed by atoms with E-state index in [1.54, 1.807) is 0 Å². The van der Waals surface area contributed by atoms with E-state index in [1.165, 1.54) is 0 Å². The molecule has 2 aromatic rings. The second kappa shape index (κ2) is 7.77. The number of aliphatic hydroxyl groups is 2. The van der Waals surface area contributed by atoms with E-state index in [1.807, 2.05) is 48.5 Å². The lowest BCUT2D eigenvalue weighted by atomic mass is 9.98. The van der Waals surface area contributed by atoms with Crippen LogP contribution in [0.1, 0.15) is 17.0 Å². The second-order valence-corrected chi connectivity index (χ2v) is 6.34. The van der Waals surface area contributed by atoms with Gasteiger partial charge < -0.3 is 25.0 Å². The maximum absolute atomic E-state index is 12.2. The third-order valence-corrected chi connectivity index (χ3v) is 4.80. The molecule has 2 aromatic carbocycles. The Bertz CT molecular complexity index is 800. The number of esters is 1. The number of alkyl carbamates (subject to hydrolysis) is 1. The highest BCUT2D eigenvalue weighted by molar-refractivity contribution is 5.86. The molecule has 7 heteroatoms. The van der Waals surface area contributed by atoms with Crippen LogP contribution in [0.5, 0.6) is 0 Å². The third-order valence-electron chi connectivity index (χ3n) is 4.80. The van der Waals surface area contributed by atoms with E-state index in [-0.39, 0.29) is 12.5 Å². The van der Waals surface area contributed by atoms with E-state index in [0.29, 0.717) is 0 Å². The molecule has 0 saturated carbocycles. The molecule has 3 rings (SSSR count). The standard InChI is InChI=1S/C20H21NO6/c1-26-18(24)20(11-22,12-23)21-19(25)27-10-17-15-8-4-2-6-13(15)14-7-3-5-9-16(14)17/h2-9,17,22-23H,10-12H2,1H3,(H,21,25). The fourth-order valence-corrected chi connectivity index (χ4v) is 3.33. The number of fused-ring (bicyclic) bond motifs is 3. The number of amides is 1. The van der Waals surface area contributed by atoms with Crippen LogP contribution in [0, 0.1) is 0 Å². The van der Waals surface area contributed by atoms with Crippen molar-refractivity contribution >= 4 is 12.1 Å². The monoisotopic (exact) mass is 371 g/mol. The number of methoxy groups -OCH3 is 1. The Kier molecular flexibility index (Phi) is 5.43. The van der Waals surface area contributed by atoms with Crippen molar-refractivity contribution in [1.82, 2.24) is 5.32 Å². The quantitative estimate of drug-likeness (QED) is 0.664. The molecule has 1 amide bonds. The van der Waals surface area contributed by atoms with Crippen molar-refractivity contribution in [2.24, 2.45) is 0 Å². The summed E-state index contributed by atoms with van der Waals surface area (Å²) in [6.07, 6.45) is -0.926. The molecule has 0 spiro atoms. The van der Waals surface area contributed by atoms with Crippen LogP contribution in [0.15, 0.2) is 48.5 Å². The summed E-state index contributed by atoms with van der Waals surface area (Å²) in [6.45, 7) is -1.59. The van der Waals surface area contributed by atoms with Crippen molar-refractivity contribution in [1.29, 1.82) is 0 Å². The zero-order valence-corrected chi connectivity index (χ0v) is 14.8. The zero-order chi connectivity index (χ0) is 19.4. The summed E-state index contributed by atoms with van der Waals surface area (Å²) in [5.41, 5.74) is 2.34. The van der Waals surface area contributed by atoms with Crippen molar-refractivity contribution in [2.75, 3.05) is 26.9 Å². The van der Waals surface area contributed by atoms with Gasteiger partial charge in [-0.25, -0.2) is 9.59 Å². The van der Waals surface area contributed by atoms with Gasteiger partial charge in [0.15, 0.2) is 5.54 Å². The number of carbonyl (C=O) groups excluding carboxylic acids is 2. The number of carbonyl (C=O) groups is 2. The normalized spacial score (nSPS) is 12.9. The summed E-state index contributed by atoms with van der Waals surface area (Å²) in [5, 5.41) is 21.1. The molecule has 142 valence electrons. The van der Waals surface area contributed by atoms with Gasteiger partial charge in [0.25, 0.3) is 0 Å². The first-order valence-electron chi connectivity index (χ1n) is 8.49. The lowest BCUT2D eigenvalue weighted by Crippen LogP contribution is -2.60. The minimum absolute atomic E-state index is 0.0496. The van der Waals surface area contributed by atoms with Gasteiger partial charge in [-0.2, -0.15) is 0 Å². The summed E-state index contributed by atoms with van der Waals surface area (Å²) in [4.78, 5) is 24.0. The molecule has 3 N–H and O–H groups in total. The molecule has 0 unspecified atom stereocenters. The van der Waals surface area contributed by atoms with Gasteiger partial charge in [0.05, 0.1) is 20.3 Å². The van der Waals surface area contributed by atoms with Gasteiger partial charge in [0, 0.05) is 5.92 Å². The molecular formula is C20H21NO6. The summed E-state index contributed by atoms with van der Waals surface area (Å²) >= 11 is 0. The highest BCUT2D eigenvalue weighted by Crippen LogP contribution is 2.44. The minimum atomic E-state index is -1.95. The molecule has 1 aliphatic rings. The van der Waals surface area contributed by atoms with Gasteiger partial charge in [-0.1, -0.05) is 48.5 Å². The number of aliphatic hydroxyl groups excluding tert-OH is 2. The van der Waals surface area contributed by atoms with Crippen LogP contribution in [0.4, 0.5) is 4.79 Å². The molecule has 7 nitrogen and oxygen atoms in total. The Morgan fingerprint density at radius 2 is 1.52 bits per heavy atom. The van der Waals surface area contributed by atoms with Crippen molar-refractivity contribution in [3.05, 3.63) is 59.7 Å². The zero-order valence-electron chi connectivity index (χ0n) is 14.8. The number of benzene rings is 2. The Balaban J connectivity index is 1.75. The molecule has 0 fully saturated rings. The van der Waals surface area contributed by atoms with Gasteiger partial charge in [-0.3, -0.25) is 0 Å². The van der Waals surface area contributed by atoms with Gasteiger partial charge in [-0.15, -0.1) is 0 Å². The second-order valence-electron chi connectivity index (χ2n) is 6.34. The topological polar surface area (TPSA) is 105 Å². The van der Waals surface area contributed by atoms with Crippen LogP contribution in [-0.2, 0) is 14.3 Å². The Labute approximate surface area is 156 Å². The van der Waals surface area contributed by atoms with Crippen molar-refractivity contribution in [2.45, 2.75) is 11.5 Å². The highest BCUT2D eigenvalue weighted by atomic mass is 16.6. The summed E-state index contributed by atoms with van der Waals surface area (Å²) in [6, 6.07) is 15.8. The molecule has 0 saturated heterocycles. The fraction of sp³-hybridized carbons (Fsp3) is 0.300. The summed E-state index contributed by atoms with van der Waals surface area (Å²) < 4.78 is 9.85. The first-order chi connectivity index (χ1) is 13.1. The van der Waals surface area contributed by atoms with Crippen LogP contribution in [0.3, 0.4) is 0 Å². The predicted molar refractivity (Wildman–Crippen MR) is 97.1 cm³/mol. The Morgan fingerprint density at radius 1 is 1.00 bits per heavy atom. The van der Waals surface area contributed by atoms with Crippen molar-refractivity contribution in [3.63, 3.8) is 0 Å². The Hall–Kier alpha value is -2.90. The van der Waals surface area contributed by atoms with Crippen LogP contribution in [0.2, 0.25) is 0 Å². The lowest BCUT2D eigenvalue weighted by Gasteiger charge is -2.27. The third kappa shape index (κ3) is 3.39. The number of hydrogen-bond donors (Lipinski definition) is 3. The summed E-state index contributed by atoms with van der Waals surface area (Å²) in [5.74, 6) is -1.10. The molecule has 0 heterocycles. The van der Waals surface area contributed by atoms with Crippen molar-refractivity contribution in [3.8, 4) is 11.1 Å². The van der Waals surface area contributed by atoms with Crippen LogP contribution in [-0.4, -0.2) is 54.7 Å². The fourth-order valence-electron chi connectivity index (χ4n) is 3.33. The average Bonchev–Trinajstić information content (AvgIpc) is 3.04. The highest BCUT2D eigenvalue weighted by Gasteiger charge is 2.41. The van der Waals surface area contributed by atoms with E-state index in [9.17, 15) is 19.8 Å². The van der Waals surface area contributed by atoms with Gasteiger partial charge in [0.1, 0.15) is 6.61 Å². The molecule has 0 aromatic heterocycles. The molecule has 27 heavy (non-hydrogen) atoms. The molecule has 0 bridgehead atoms. The molecule has 0 atom stereocenters. The Morgan fingerprint density at radius 3 is 2.00 bits per heavy atom. The number of ether oxygens (including phenoxy) is 2. The molecular weight excluding hydrogens is 350 g/mol. The van der Waals surface area contributed by atoms with Gasteiger partial charge >= 0.3 is 12.1 Å². The van der Waals surface area contributed by atoms with Gasteiger partial charge in [0.2, 0.25) is 0 Å². The predicted octanol–water partition coefficient (Wildman–Crippen LogP) is 1.42. The number of nitrogens with one attached hydrogen (secondary N) is 1. The van der Waals surface area contributed by atoms with E-state index in [4.69, 9.17) is 4.74 Å². The lowest BCUT2D eigenvalue weighted by molar-refractivity contribution is -0.152. The maximum atomic E-state index is 12.2. The first-order valence-corrected chi connectivity index (χ1v) is 8.49.